The lowest BCUT2D eigenvalue weighted by Crippen LogP contribution is -2.53. The van der Waals surface area contributed by atoms with Crippen LogP contribution in [0.1, 0.15) is 33.1 Å². The van der Waals surface area contributed by atoms with E-state index in [1.165, 1.54) is 19.3 Å². The highest BCUT2D eigenvalue weighted by molar-refractivity contribution is 7.80. The highest BCUT2D eigenvalue weighted by atomic mass is 32.1. The molecule has 1 aliphatic heterocycles. The zero-order valence-electron chi connectivity index (χ0n) is 11.9. The number of thiocarbonyl (C=S) groups is 1. The van der Waals surface area contributed by atoms with E-state index in [-0.39, 0.29) is 5.60 Å². The Labute approximate surface area is 115 Å². The van der Waals surface area contributed by atoms with E-state index in [0.29, 0.717) is 10.8 Å². The Balaban J connectivity index is 1.79. The third-order valence-corrected chi connectivity index (χ3v) is 6.83. The van der Waals surface area contributed by atoms with Gasteiger partial charge in [0.25, 0.3) is 0 Å². The Hall–Kier alpha value is -0.350. The monoisotopic (exact) mass is 268 g/mol. The second kappa shape index (κ2) is 3.60. The van der Waals surface area contributed by atoms with Crippen molar-refractivity contribution in [1.29, 1.82) is 0 Å². The smallest absolute Gasteiger partial charge is 0.168 e. The maximum absolute atomic E-state index is 6.27. The van der Waals surface area contributed by atoms with Crippen molar-refractivity contribution in [2.45, 2.75) is 38.7 Å². The molecule has 4 unspecified atom stereocenters. The zero-order chi connectivity index (χ0) is 13.2. The van der Waals surface area contributed by atoms with E-state index in [9.17, 15) is 0 Å². The van der Waals surface area contributed by atoms with Crippen LogP contribution in [-0.4, -0.2) is 42.9 Å². The first-order chi connectivity index (χ1) is 8.35. The predicted octanol–water partition coefficient (Wildman–Crippen LogP) is 2.02. The Bertz CT molecular complexity index is 399. The molecule has 1 saturated heterocycles. The topological polar surface area (TPSA) is 24.5 Å². The van der Waals surface area contributed by atoms with Crippen LogP contribution in [0.5, 0.6) is 0 Å². The summed E-state index contributed by atoms with van der Waals surface area (Å²) < 4.78 is 6.27. The molecule has 3 fully saturated rings. The van der Waals surface area contributed by atoms with Gasteiger partial charge in [-0.1, -0.05) is 13.8 Å². The number of rotatable bonds is 2. The van der Waals surface area contributed by atoms with Crippen LogP contribution in [0.2, 0.25) is 0 Å². The minimum absolute atomic E-state index is 0.0186. The Morgan fingerprint density at radius 1 is 1.44 bits per heavy atom. The largest absolute Gasteiger partial charge is 0.372 e. The van der Waals surface area contributed by atoms with Crippen LogP contribution in [0.15, 0.2) is 0 Å². The van der Waals surface area contributed by atoms with Gasteiger partial charge in [0.05, 0.1) is 12.2 Å². The van der Waals surface area contributed by atoms with Gasteiger partial charge in [-0.25, -0.2) is 0 Å². The van der Waals surface area contributed by atoms with Crippen LogP contribution >= 0.6 is 12.2 Å². The molecule has 0 spiro atoms. The first-order valence-corrected chi connectivity index (χ1v) is 7.35. The molecule has 0 aromatic carbocycles. The van der Waals surface area contributed by atoms with Crippen molar-refractivity contribution in [2.75, 3.05) is 27.2 Å². The first kappa shape index (κ1) is 12.7. The average molecular weight is 268 g/mol. The van der Waals surface area contributed by atoms with Gasteiger partial charge in [-0.15, -0.1) is 0 Å². The van der Waals surface area contributed by atoms with Gasteiger partial charge in [-0.2, -0.15) is 0 Å². The van der Waals surface area contributed by atoms with Crippen LogP contribution < -0.4 is 5.32 Å². The molecule has 1 heterocycles. The third kappa shape index (κ3) is 1.26. The summed E-state index contributed by atoms with van der Waals surface area (Å²) in [5.41, 5.74) is 0.749. The van der Waals surface area contributed by atoms with Gasteiger partial charge in [0, 0.05) is 31.5 Å². The molecule has 0 aromatic rings. The summed E-state index contributed by atoms with van der Waals surface area (Å²) in [6.07, 6.45) is 3.91. The molecule has 1 N–H and O–H groups in total. The summed E-state index contributed by atoms with van der Waals surface area (Å²) in [4.78, 5) is 1.95. The van der Waals surface area contributed by atoms with E-state index in [0.717, 1.165) is 24.2 Å². The van der Waals surface area contributed by atoms with Crippen molar-refractivity contribution in [1.82, 2.24) is 10.2 Å². The zero-order valence-corrected chi connectivity index (χ0v) is 12.7. The molecule has 3 nitrogen and oxygen atoms in total. The Morgan fingerprint density at radius 2 is 2.17 bits per heavy atom. The molecule has 0 amide bonds. The molecule has 4 atom stereocenters. The van der Waals surface area contributed by atoms with Gasteiger partial charge in [0.2, 0.25) is 0 Å². The van der Waals surface area contributed by atoms with E-state index < -0.39 is 0 Å². The van der Waals surface area contributed by atoms with Crippen molar-refractivity contribution in [3.63, 3.8) is 0 Å². The lowest BCUT2D eigenvalue weighted by atomic mass is 9.66. The van der Waals surface area contributed by atoms with E-state index in [4.69, 9.17) is 17.0 Å². The molecule has 2 saturated carbocycles. The van der Waals surface area contributed by atoms with Gasteiger partial charge >= 0.3 is 0 Å². The van der Waals surface area contributed by atoms with Crippen molar-refractivity contribution in [2.24, 2.45) is 16.7 Å². The summed E-state index contributed by atoms with van der Waals surface area (Å²) in [7, 11) is 3.96. The minimum atomic E-state index is 0.0186. The Morgan fingerprint density at radius 3 is 2.72 bits per heavy atom. The molecule has 3 rings (SSSR count). The highest BCUT2D eigenvalue weighted by Crippen LogP contribution is 2.74. The number of nitrogens with zero attached hydrogens (tertiary/aromatic N) is 1. The molecular weight excluding hydrogens is 244 g/mol. The van der Waals surface area contributed by atoms with Crippen molar-refractivity contribution >= 4 is 17.3 Å². The SMILES string of the molecule is CN(C)C(=S)NCC12CC3CCC1(C)C3(C)CO2. The summed E-state index contributed by atoms with van der Waals surface area (Å²) in [6, 6.07) is 0. The summed E-state index contributed by atoms with van der Waals surface area (Å²) in [5, 5.41) is 4.22. The molecule has 4 bridgehead atoms. The third-order valence-electron chi connectivity index (χ3n) is 6.32. The minimum Gasteiger partial charge on any atom is -0.372 e. The summed E-state index contributed by atoms with van der Waals surface area (Å²) in [6.45, 7) is 6.67. The summed E-state index contributed by atoms with van der Waals surface area (Å²) in [5.74, 6) is 0.853. The van der Waals surface area contributed by atoms with E-state index >= 15 is 0 Å². The number of ether oxygens (including phenoxy) is 1. The van der Waals surface area contributed by atoms with Crippen LogP contribution in [0.25, 0.3) is 0 Å². The van der Waals surface area contributed by atoms with Crippen molar-refractivity contribution in [3.8, 4) is 0 Å². The highest BCUT2D eigenvalue weighted by Gasteiger charge is 2.75. The maximum atomic E-state index is 6.27. The van der Waals surface area contributed by atoms with Gasteiger partial charge in [0.1, 0.15) is 0 Å². The van der Waals surface area contributed by atoms with E-state index in [2.05, 4.69) is 19.2 Å². The standard InChI is InChI=1S/C14H24N2OS/c1-12-9-17-14(8-15-11(18)16(3)4)7-10(12)5-6-13(12,14)2/h10H,5-9H2,1-4H3,(H,15,18). The molecule has 4 heteroatoms. The molecule has 18 heavy (non-hydrogen) atoms. The molecular formula is C14H24N2OS. The molecule has 2 aliphatic carbocycles. The van der Waals surface area contributed by atoms with Crippen LogP contribution in [0, 0.1) is 16.7 Å². The van der Waals surface area contributed by atoms with E-state index in [1.54, 1.807) is 0 Å². The second-order valence-corrected chi connectivity index (χ2v) is 7.41. The van der Waals surface area contributed by atoms with Gasteiger partial charge < -0.3 is 15.0 Å². The number of hydrogen-bond acceptors (Lipinski definition) is 2. The summed E-state index contributed by atoms with van der Waals surface area (Å²) >= 11 is 5.33. The lowest BCUT2D eigenvalue weighted by molar-refractivity contribution is -0.0791. The number of hydrogen-bond donors (Lipinski definition) is 1. The van der Waals surface area contributed by atoms with Gasteiger partial charge in [-0.05, 0) is 37.4 Å². The first-order valence-electron chi connectivity index (χ1n) is 6.94. The van der Waals surface area contributed by atoms with E-state index in [1.807, 2.05) is 19.0 Å². The average Bonchev–Trinajstić information content (AvgIpc) is 2.78. The fourth-order valence-electron chi connectivity index (χ4n) is 4.69. The second-order valence-electron chi connectivity index (χ2n) is 7.03. The van der Waals surface area contributed by atoms with Gasteiger partial charge in [0.15, 0.2) is 5.11 Å². The molecule has 0 radical (unpaired) electrons. The number of nitrogens with one attached hydrogen (secondary N) is 1. The fourth-order valence-corrected chi connectivity index (χ4v) is 4.77. The van der Waals surface area contributed by atoms with Gasteiger partial charge in [-0.3, -0.25) is 0 Å². The molecule has 0 aromatic heterocycles. The Kier molecular flexibility index (Phi) is 2.54. The molecule has 3 aliphatic rings. The lowest BCUT2D eigenvalue weighted by Gasteiger charge is -2.42. The van der Waals surface area contributed by atoms with Crippen LogP contribution in [0.4, 0.5) is 0 Å². The normalized spacial score (nSPS) is 48.6. The quantitative estimate of drug-likeness (QED) is 0.775. The van der Waals surface area contributed by atoms with Crippen molar-refractivity contribution < 1.29 is 4.74 Å². The molecule has 102 valence electrons. The van der Waals surface area contributed by atoms with Crippen LogP contribution in [-0.2, 0) is 4.74 Å². The van der Waals surface area contributed by atoms with Crippen LogP contribution in [0.3, 0.4) is 0 Å². The van der Waals surface area contributed by atoms with Crippen molar-refractivity contribution in [3.05, 3.63) is 0 Å². The predicted molar refractivity (Wildman–Crippen MR) is 76.5 cm³/mol. The maximum Gasteiger partial charge on any atom is 0.168 e. The fraction of sp³-hybridized carbons (Fsp3) is 0.929.